The molecule has 0 radical (unpaired) electrons. The SMILES string of the molecule is COC(=O)c1nnc(-c2c(F)cccc2Cl)cc1O. The predicted molar refractivity (Wildman–Crippen MR) is 65.4 cm³/mol. The van der Waals surface area contributed by atoms with Gasteiger partial charge in [0.2, 0.25) is 5.69 Å². The van der Waals surface area contributed by atoms with Crippen molar-refractivity contribution >= 4 is 17.6 Å². The van der Waals surface area contributed by atoms with E-state index >= 15 is 0 Å². The first-order chi connectivity index (χ1) is 9.04. The van der Waals surface area contributed by atoms with Crippen LogP contribution in [0.15, 0.2) is 24.3 Å². The van der Waals surface area contributed by atoms with Crippen molar-refractivity contribution in [3.63, 3.8) is 0 Å². The molecule has 2 rings (SSSR count). The molecule has 0 spiro atoms. The van der Waals surface area contributed by atoms with Crippen LogP contribution in [0.5, 0.6) is 5.75 Å². The Morgan fingerprint density at radius 1 is 1.42 bits per heavy atom. The third kappa shape index (κ3) is 2.48. The second kappa shape index (κ2) is 5.19. The maximum absolute atomic E-state index is 13.7. The molecule has 1 heterocycles. The van der Waals surface area contributed by atoms with Crippen molar-refractivity contribution in [2.45, 2.75) is 0 Å². The lowest BCUT2D eigenvalue weighted by Crippen LogP contribution is -2.06. The van der Waals surface area contributed by atoms with Crippen molar-refractivity contribution in [2.24, 2.45) is 0 Å². The van der Waals surface area contributed by atoms with Crippen LogP contribution in [0.4, 0.5) is 4.39 Å². The molecule has 0 aliphatic rings. The van der Waals surface area contributed by atoms with Crippen LogP contribution in [0.25, 0.3) is 11.3 Å². The molecule has 1 aromatic heterocycles. The number of ether oxygens (including phenoxy) is 1. The van der Waals surface area contributed by atoms with Gasteiger partial charge in [0, 0.05) is 6.07 Å². The number of nitrogens with zero attached hydrogens (tertiary/aromatic N) is 2. The molecule has 7 heteroatoms. The van der Waals surface area contributed by atoms with Gasteiger partial charge >= 0.3 is 5.97 Å². The summed E-state index contributed by atoms with van der Waals surface area (Å²) >= 11 is 5.86. The van der Waals surface area contributed by atoms with Gasteiger partial charge < -0.3 is 9.84 Å². The van der Waals surface area contributed by atoms with E-state index in [1.165, 1.54) is 18.2 Å². The van der Waals surface area contributed by atoms with Gasteiger partial charge in [0.15, 0.2) is 5.75 Å². The van der Waals surface area contributed by atoms with Crippen LogP contribution >= 0.6 is 11.6 Å². The normalized spacial score (nSPS) is 10.3. The summed E-state index contributed by atoms with van der Waals surface area (Å²) in [6.07, 6.45) is 0. The minimum atomic E-state index is -0.837. The molecule has 5 nitrogen and oxygen atoms in total. The van der Waals surface area contributed by atoms with Crippen molar-refractivity contribution in [2.75, 3.05) is 7.11 Å². The summed E-state index contributed by atoms with van der Waals surface area (Å²) in [6, 6.07) is 5.22. The molecule has 0 bridgehead atoms. The maximum atomic E-state index is 13.7. The summed E-state index contributed by atoms with van der Waals surface area (Å²) in [5.41, 5.74) is -0.324. The van der Waals surface area contributed by atoms with Crippen molar-refractivity contribution in [3.05, 3.63) is 40.8 Å². The first-order valence-corrected chi connectivity index (χ1v) is 5.51. The maximum Gasteiger partial charge on any atom is 0.362 e. The molecule has 0 saturated heterocycles. The quantitative estimate of drug-likeness (QED) is 0.857. The smallest absolute Gasteiger partial charge is 0.362 e. The summed E-state index contributed by atoms with van der Waals surface area (Å²) in [5, 5.41) is 17.0. The van der Waals surface area contributed by atoms with Crippen LogP contribution in [-0.4, -0.2) is 28.4 Å². The molecule has 2 aromatic rings. The number of hydrogen-bond donors (Lipinski definition) is 1. The van der Waals surface area contributed by atoms with Crippen molar-refractivity contribution < 1.29 is 19.0 Å². The molecular formula is C12H8ClFN2O3. The minimum absolute atomic E-state index is 0.00313. The average Bonchev–Trinajstić information content (AvgIpc) is 2.38. The molecule has 0 saturated carbocycles. The highest BCUT2D eigenvalue weighted by molar-refractivity contribution is 6.33. The molecule has 0 atom stereocenters. The van der Waals surface area contributed by atoms with Crippen LogP contribution < -0.4 is 0 Å². The van der Waals surface area contributed by atoms with E-state index in [0.717, 1.165) is 13.2 Å². The van der Waals surface area contributed by atoms with Crippen molar-refractivity contribution in [1.82, 2.24) is 10.2 Å². The van der Waals surface area contributed by atoms with Gasteiger partial charge in [0.25, 0.3) is 0 Å². The van der Waals surface area contributed by atoms with Crippen LogP contribution in [0.3, 0.4) is 0 Å². The van der Waals surface area contributed by atoms with E-state index in [-0.39, 0.29) is 22.0 Å². The van der Waals surface area contributed by atoms with E-state index in [0.29, 0.717) is 0 Å². The first-order valence-electron chi connectivity index (χ1n) is 5.14. The molecule has 0 aliphatic heterocycles. The fourth-order valence-electron chi connectivity index (χ4n) is 1.49. The fraction of sp³-hybridized carbons (Fsp3) is 0.0833. The van der Waals surface area contributed by atoms with Gasteiger partial charge in [-0.1, -0.05) is 17.7 Å². The van der Waals surface area contributed by atoms with Gasteiger partial charge in [0.05, 0.1) is 17.7 Å². The molecule has 1 N–H and O–H groups in total. The third-order valence-corrected chi connectivity index (χ3v) is 2.69. The number of rotatable bonds is 2. The standard InChI is InChI=1S/C12H8ClFN2O3/c1-19-12(18)11-9(17)5-8(15-16-11)10-6(13)3-2-4-7(10)14/h2-5H,1H3,(H,15,17). The Morgan fingerprint density at radius 3 is 2.74 bits per heavy atom. The lowest BCUT2D eigenvalue weighted by molar-refractivity contribution is 0.0589. The predicted octanol–water partition coefficient (Wildman–Crippen LogP) is 2.43. The van der Waals surface area contributed by atoms with Gasteiger partial charge in [-0.25, -0.2) is 9.18 Å². The number of methoxy groups -OCH3 is 1. The molecule has 19 heavy (non-hydrogen) atoms. The van der Waals surface area contributed by atoms with E-state index in [2.05, 4.69) is 14.9 Å². The summed E-state index contributed by atoms with van der Waals surface area (Å²) < 4.78 is 18.1. The van der Waals surface area contributed by atoms with Crippen LogP contribution in [0.1, 0.15) is 10.5 Å². The Hall–Kier alpha value is -2.21. The minimum Gasteiger partial charge on any atom is -0.505 e. The van der Waals surface area contributed by atoms with Crippen LogP contribution in [-0.2, 0) is 4.74 Å². The van der Waals surface area contributed by atoms with Crippen LogP contribution in [0.2, 0.25) is 5.02 Å². The van der Waals surface area contributed by atoms with E-state index in [1.807, 2.05) is 0 Å². The highest BCUT2D eigenvalue weighted by atomic mass is 35.5. The molecule has 0 aliphatic carbocycles. The molecule has 0 fully saturated rings. The summed E-state index contributed by atoms with van der Waals surface area (Å²) in [6.45, 7) is 0. The number of carbonyl (C=O) groups excluding carboxylic acids is 1. The van der Waals surface area contributed by atoms with Crippen molar-refractivity contribution in [1.29, 1.82) is 0 Å². The zero-order chi connectivity index (χ0) is 14.0. The lowest BCUT2D eigenvalue weighted by atomic mass is 10.1. The van der Waals surface area contributed by atoms with E-state index in [9.17, 15) is 14.3 Å². The summed E-state index contributed by atoms with van der Waals surface area (Å²) in [7, 11) is 1.14. The Bertz CT molecular complexity index is 629. The average molecular weight is 283 g/mol. The number of benzene rings is 1. The summed E-state index contributed by atoms with van der Waals surface area (Å²) in [4.78, 5) is 11.2. The first kappa shape index (κ1) is 13.2. The summed E-state index contributed by atoms with van der Waals surface area (Å²) in [5.74, 6) is -1.90. The number of aromatic hydroxyl groups is 1. The second-order valence-electron chi connectivity index (χ2n) is 3.55. The number of aromatic nitrogens is 2. The highest BCUT2D eigenvalue weighted by Crippen LogP contribution is 2.31. The second-order valence-corrected chi connectivity index (χ2v) is 3.96. The Morgan fingerprint density at radius 2 is 2.16 bits per heavy atom. The Labute approximate surface area is 112 Å². The van der Waals surface area contributed by atoms with Gasteiger partial charge in [-0.2, -0.15) is 0 Å². The molecule has 0 amide bonds. The fourth-order valence-corrected chi connectivity index (χ4v) is 1.75. The van der Waals surface area contributed by atoms with E-state index in [4.69, 9.17) is 11.6 Å². The van der Waals surface area contributed by atoms with Crippen LogP contribution in [0, 0.1) is 5.82 Å². The Kier molecular flexibility index (Phi) is 3.62. The topological polar surface area (TPSA) is 72.3 Å². The van der Waals surface area contributed by atoms with Gasteiger partial charge in [-0.05, 0) is 12.1 Å². The monoisotopic (exact) mass is 282 g/mol. The number of carbonyl (C=O) groups is 1. The molecular weight excluding hydrogens is 275 g/mol. The van der Waals surface area contributed by atoms with Crippen molar-refractivity contribution in [3.8, 4) is 17.0 Å². The molecule has 98 valence electrons. The zero-order valence-corrected chi connectivity index (χ0v) is 10.5. The highest BCUT2D eigenvalue weighted by Gasteiger charge is 2.18. The van der Waals surface area contributed by atoms with Gasteiger partial charge in [-0.3, -0.25) is 0 Å². The number of halogens is 2. The molecule has 1 aromatic carbocycles. The number of esters is 1. The van der Waals surface area contributed by atoms with Gasteiger partial charge in [0.1, 0.15) is 11.5 Å². The molecule has 0 unspecified atom stereocenters. The van der Waals surface area contributed by atoms with E-state index in [1.54, 1.807) is 0 Å². The Balaban J connectivity index is 2.54. The largest absolute Gasteiger partial charge is 0.505 e. The third-order valence-electron chi connectivity index (χ3n) is 2.37. The lowest BCUT2D eigenvalue weighted by Gasteiger charge is -2.06. The zero-order valence-electron chi connectivity index (χ0n) is 9.72. The number of hydrogen-bond acceptors (Lipinski definition) is 5. The van der Waals surface area contributed by atoms with Gasteiger partial charge in [-0.15, -0.1) is 10.2 Å². The van der Waals surface area contributed by atoms with E-state index < -0.39 is 17.5 Å².